The molecule has 0 aromatic heterocycles. The highest BCUT2D eigenvalue weighted by molar-refractivity contribution is 5.78. The Balaban J connectivity index is 1.58. The van der Waals surface area contributed by atoms with E-state index < -0.39 is 0 Å². The van der Waals surface area contributed by atoms with Crippen LogP contribution in [0.1, 0.15) is 19.8 Å². The maximum atomic E-state index is 11.8. The minimum atomic E-state index is 0.190. The largest absolute Gasteiger partial charge is 0.355 e. The summed E-state index contributed by atoms with van der Waals surface area (Å²) in [6.07, 6.45) is 2.58. The Labute approximate surface area is 116 Å². The number of nitrogens with zero attached hydrogens (tertiary/aromatic N) is 2. The van der Waals surface area contributed by atoms with Crippen molar-refractivity contribution < 1.29 is 4.79 Å². The van der Waals surface area contributed by atoms with Crippen LogP contribution in [0, 0.1) is 11.8 Å². The first kappa shape index (κ1) is 14.8. The van der Waals surface area contributed by atoms with Crippen LogP contribution in [-0.2, 0) is 4.79 Å². The maximum absolute atomic E-state index is 11.8. The predicted molar refractivity (Wildman–Crippen MR) is 76.8 cm³/mol. The van der Waals surface area contributed by atoms with Crippen molar-refractivity contribution in [1.82, 2.24) is 15.1 Å². The number of hydrogen-bond donors (Lipinski definition) is 2. The molecule has 19 heavy (non-hydrogen) atoms. The Morgan fingerprint density at radius 2 is 1.89 bits per heavy atom. The molecule has 2 fully saturated rings. The maximum Gasteiger partial charge on any atom is 0.234 e. The summed E-state index contributed by atoms with van der Waals surface area (Å²) in [5, 5.41) is 3.03. The van der Waals surface area contributed by atoms with Gasteiger partial charge >= 0.3 is 0 Å². The van der Waals surface area contributed by atoms with Crippen LogP contribution in [0.2, 0.25) is 0 Å². The van der Waals surface area contributed by atoms with Crippen LogP contribution in [0.4, 0.5) is 0 Å². The first-order valence-electron chi connectivity index (χ1n) is 7.59. The fraction of sp³-hybridized carbons (Fsp3) is 0.929. The molecule has 1 saturated carbocycles. The molecule has 2 rings (SSSR count). The van der Waals surface area contributed by atoms with E-state index in [-0.39, 0.29) is 5.91 Å². The Hall–Kier alpha value is -0.650. The van der Waals surface area contributed by atoms with Crippen LogP contribution in [0.15, 0.2) is 0 Å². The minimum Gasteiger partial charge on any atom is -0.355 e. The lowest BCUT2D eigenvalue weighted by molar-refractivity contribution is -0.122. The van der Waals surface area contributed by atoms with E-state index in [1.807, 2.05) is 0 Å². The van der Waals surface area contributed by atoms with E-state index in [9.17, 15) is 4.79 Å². The molecule has 1 saturated heterocycles. The minimum absolute atomic E-state index is 0.190. The van der Waals surface area contributed by atoms with E-state index in [2.05, 4.69) is 22.0 Å². The molecule has 0 radical (unpaired) electrons. The van der Waals surface area contributed by atoms with Crippen molar-refractivity contribution >= 4 is 5.91 Å². The first-order valence-corrected chi connectivity index (χ1v) is 7.59. The van der Waals surface area contributed by atoms with Crippen LogP contribution < -0.4 is 11.1 Å². The molecule has 1 aliphatic heterocycles. The van der Waals surface area contributed by atoms with Gasteiger partial charge in [0.2, 0.25) is 5.91 Å². The van der Waals surface area contributed by atoms with E-state index in [0.29, 0.717) is 12.5 Å². The van der Waals surface area contributed by atoms with E-state index >= 15 is 0 Å². The SMILES string of the molecule is CC(CN)CN1CCN(CC(=O)NCC2CC2)CC1. The number of carbonyl (C=O) groups excluding carboxylic acids is 1. The molecule has 0 aromatic carbocycles. The predicted octanol–water partition coefficient (Wildman–Crippen LogP) is -0.275. The van der Waals surface area contributed by atoms with Crippen LogP contribution in [0.5, 0.6) is 0 Å². The molecule has 0 spiro atoms. The third kappa shape index (κ3) is 5.47. The number of hydrogen-bond acceptors (Lipinski definition) is 4. The van der Waals surface area contributed by atoms with Crippen molar-refractivity contribution in [3.05, 3.63) is 0 Å². The van der Waals surface area contributed by atoms with Crippen molar-refractivity contribution in [2.24, 2.45) is 17.6 Å². The lowest BCUT2D eigenvalue weighted by Crippen LogP contribution is -2.50. The van der Waals surface area contributed by atoms with Gasteiger partial charge in [0.1, 0.15) is 0 Å². The molecule has 5 heteroatoms. The van der Waals surface area contributed by atoms with Crippen LogP contribution >= 0.6 is 0 Å². The van der Waals surface area contributed by atoms with Crippen LogP contribution in [0.25, 0.3) is 0 Å². The normalized spacial score (nSPS) is 23.3. The lowest BCUT2D eigenvalue weighted by Gasteiger charge is -2.35. The zero-order valence-electron chi connectivity index (χ0n) is 12.1. The Kier molecular flexibility index (Phi) is 5.60. The second kappa shape index (κ2) is 7.22. The van der Waals surface area contributed by atoms with Crippen LogP contribution in [-0.4, -0.2) is 68.1 Å². The summed E-state index contributed by atoms with van der Waals surface area (Å²) in [6, 6.07) is 0. The molecule has 5 nitrogen and oxygen atoms in total. The van der Waals surface area contributed by atoms with Gasteiger partial charge in [0.05, 0.1) is 6.54 Å². The monoisotopic (exact) mass is 268 g/mol. The zero-order valence-corrected chi connectivity index (χ0v) is 12.1. The Bertz CT molecular complexity index is 285. The standard InChI is InChI=1S/C14H28N4O/c1-12(8-15)10-17-4-6-18(7-5-17)11-14(19)16-9-13-2-3-13/h12-13H,2-11,15H2,1H3,(H,16,19). The lowest BCUT2D eigenvalue weighted by atomic mass is 10.1. The molecule has 0 aromatic rings. The van der Waals surface area contributed by atoms with Gasteiger partial charge in [0.15, 0.2) is 0 Å². The average molecular weight is 268 g/mol. The second-order valence-corrected chi connectivity index (χ2v) is 6.17. The number of carbonyl (C=O) groups is 1. The van der Waals surface area contributed by atoms with Gasteiger partial charge in [0.25, 0.3) is 0 Å². The van der Waals surface area contributed by atoms with Crippen molar-refractivity contribution in [2.45, 2.75) is 19.8 Å². The molecule has 3 N–H and O–H groups in total. The van der Waals surface area contributed by atoms with Gasteiger partial charge < -0.3 is 16.0 Å². The van der Waals surface area contributed by atoms with E-state index in [1.165, 1.54) is 12.8 Å². The molecule has 110 valence electrons. The van der Waals surface area contributed by atoms with Gasteiger partial charge in [-0.3, -0.25) is 9.69 Å². The van der Waals surface area contributed by atoms with Gasteiger partial charge in [-0.1, -0.05) is 6.92 Å². The highest BCUT2D eigenvalue weighted by Crippen LogP contribution is 2.27. The quantitative estimate of drug-likeness (QED) is 0.667. The van der Waals surface area contributed by atoms with Crippen molar-refractivity contribution in [1.29, 1.82) is 0 Å². The van der Waals surface area contributed by atoms with E-state index in [0.717, 1.165) is 51.7 Å². The number of nitrogens with one attached hydrogen (secondary N) is 1. The number of nitrogens with two attached hydrogens (primary N) is 1. The van der Waals surface area contributed by atoms with Gasteiger partial charge in [-0.15, -0.1) is 0 Å². The summed E-state index contributed by atoms with van der Waals surface area (Å²) >= 11 is 0. The number of amides is 1. The first-order chi connectivity index (χ1) is 9.17. The molecule has 1 unspecified atom stereocenters. The molecular weight excluding hydrogens is 240 g/mol. The van der Waals surface area contributed by atoms with Crippen molar-refractivity contribution in [3.63, 3.8) is 0 Å². The zero-order chi connectivity index (χ0) is 13.7. The van der Waals surface area contributed by atoms with E-state index in [1.54, 1.807) is 0 Å². The molecule has 2 aliphatic rings. The fourth-order valence-electron chi connectivity index (χ4n) is 2.48. The summed E-state index contributed by atoms with van der Waals surface area (Å²) in [6.45, 7) is 9.57. The summed E-state index contributed by atoms with van der Waals surface area (Å²) in [5.41, 5.74) is 5.66. The summed E-state index contributed by atoms with van der Waals surface area (Å²) in [4.78, 5) is 16.5. The van der Waals surface area contributed by atoms with Crippen molar-refractivity contribution in [3.8, 4) is 0 Å². The smallest absolute Gasteiger partial charge is 0.234 e. The van der Waals surface area contributed by atoms with Gasteiger partial charge in [-0.2, -0.15) is 0 Å². The van der Waals surface area contributed by atoms with Gasteiger partial charge in [0, 0.05) is 39.3 Å². The molecule has 0 bridgehead atoms. The molecule has 1 amide bonds. The second-order valence-electron chi connectivity index (χ2n) is 6.17. The highest BCUT2D eigenvalue weighted by Gasteiger charge is 2.23. The van der Waals surface area contributed by atoms with Crippen molar-refractivity contribution in [2.75, 3.05) is 52.4 Å². The average Bonchev–Trinajstić information content (AvgIpc) is 3.22. The topological polar surface area (TPSA) is 61.6 Å². The molecule has 1 atom stereocenters. The van der Waals surface area contributed by atoms with Crippen LogP contribution in [0.3, 0.4) is 0 Å². The Morgan fingerprint density at radius 3 is 2.47 bits per heavy atom. The molecule has 1 heterocycles. The summed E-state index contributed by atoms with van der Waals surface area (Å²) < 4.78 is 0. The highest BCUT2D eigenvalue weighted by atomic mass is 16.2. The van der Waals surface area contributed by atoms with E-state index in [4.69, 9.17) is 5.73 Å². The van der Waals surface area contributed by atoms with Gasteiger partial charge in [-0.05, 0) is 31.2 Å². The Morgan fingerprint density at radius 1 is 1.26 bits per heavy atom. The third-order valence-corrected chi connectivity index (χ3v) is 4.09. The third-order valence-electron chi connectivity index (χ3n) is 4.09. The van der Waals surface area contributed by atoms with Gasteiger partial charge in [-0.25, -0.2) is 0 Å². The number of piperazine rings is 1. The fourth-order valence-corrected chi connectivity index (χ4v) is 2.48. The summed E-state index contributed by atoms with van der Waals surface area (Å²) in [7, 11) is 0. The molecule has 1 aliphatic carbocycles. The number of rotatable bonds is 7. The molecular formula is C14H28N4O. The summed E-state index contributed by atoms with van der Waals surface area (Å²) in [5.74, 6) is 1.52.